The number of carbonyl (C=O) groups excluding carboxylic acids is 3. The van der Waals surface area contributed by atoms with Crippen molar-refractivity contribution in [3.63, 3.8) is 0 Å². The van der Waals surface area contributed by atoms with Gasteiger partial charge in [0.15, 0.2) is 16.6 Å². The maximum Gasteiger partial charge on any atom is 0.254 e. The van der Waals surface area contributed by atoms with Gasteiger partial charge in [0.2, 0.25) is 18.6 Å². The predicted molar refractivity (Wildman–Crippen MR) is 129 cm³/mol. The number of nitrogens with zero attached hydrogens (tertiary/aromatic N) is 3. The second-order valence-corrected chi connectivity index (χ2v) is 9.75. The first-order valence-corrected chi connectivity index (χ1v) is 12.2. The van der Waals surface area contributed by atoms with E-state index in [-0.39, 0.29) is 37.5 Å². The molecule has 0 bridgehead atoms. The van der Waals surface area contributed by atoms with Crippen molar-refractivity contribution in [1.82, 2.24) is 9.88 Å². The van der Waals surface area contributed by atoms with Gasteiger partial charge in [0, 0.05) is 48.1 Å². The second kappa shape index (κ2) is 8.70. The normalized spacial score (nSPS) is 18.5. The van der Waals surface area contributed by atoms with Crippen LogP contribution in [0.2, 0.25) is 0 Å². The summed E-state index contributed by atoms with van der Waals surface area (Å²) in [4.78, 5) is 47.4. The minimum absolute atomic E-state index is 0.0108. The monoisotopic (exact) mass is 490 g/mol. The van der Waals surface area contributed by atoms with Crippen molar-refractivity contribution in [2.45, 2.75) is 19.4 Å². The van der Waals surface area contributed by atoms with Gasteiger partial charge < -0.3 is 24.6 Å². The molecule has 1 aromatic heterocycles. The lowest BCUT2D eigenvalue weighted by molar-refractivity contribution is -0.122. The highest BCUT2D eigenvalue weighted by molar-refractivity contribution is 7.15. The van der Waals surface area contributed by atoms with Gasteiger partial charge in [-0.05, 0) is 24.3 Å². The van der Waals surface area contributed by atoms with E-state index in [4.69, 9.17) is 9.47 Å². The largest absolute Gasteiger partial charge is 0.454 e. The highest BCUT2D eigenvalue weighted by atomic mass is 32.1. The first kappa shape index (κ1) is 21.6. The van der Waals surface area contributed by atoms with Crippen LogP contribution in [-0.2, 0) is 22.6 Å². The third kappa shape index (κ3) is 4.10. The van der Waals surface area contributed by atoms with E-state index in [9.17, 15) is 14.4 Å². The van der Waals surface area contributed by atoms with Crippen molar-refractivity contribution in [2.75, 3.05) is 30.1 Å². The Labute approximate surface area is 205 Å². The van der Waals surface area contributed by atoms with E-state index >= 15 is 0 Å². The van der Waals surface area contributed by atoms with E-state index in [2.05, 4.69) is 10.3 Å². The summed E-state index contributed by atoms with van der Waals surface area (Å²) in [5.41, 5.74) is 2.25. The minimum Gasteiger partial charge on any atom is -0.454 e. The van der Waals surface area contributed by atoms with Crippen molar-refractivity contribution in [2.24, 2.45) is 5.92 Å². The fourth-order valence-corrected chi connectivity index (χ4v) is 5.61. The molecule has 1 atom stereocenters. The zero-order chi connectivity index (χ0) is 23.9. The molecule has 0 saturated carbocycles. The van der Waals surface area contributed by atoms with Gasteiger partial charge in [-0.25, -0.2) is 4.98 Å². The average molecular weight is 491 g/mol. The average Bonchev–Trinajstić information content (AvgIpc) is 3.60. The zero-order valence-corrected chi connectivity index (χ0v) is 19.5. The lowest BCUT2D eigenvalue weighted by Crippen LogP contribution is -2.35. The molecule has 3 aliphatic rings. The third-order valence-electron chi connectivity index (χ3n) is 6.43. The number of hydrogen-bond acceptors (Lipinski definition) is 7. The minimum atomic E-state index is -0.481. The first-order valence-electron chi connectivity index (χ1n) is 11.4. The first-order chi connectivity index (χ1) is 17.0. The van der Waals surface area contributed by atoms with E-state index < -0.39 is 5.92 Å². The topological polar surface area (TPSA) is 101 Å². The molecule has 2 aromatic carbocycles. The third-order valence-corrected chi connectivity index (χ3v) is 7.43. The molecule has 35 heavy (non-hydrogen) atoms. The van der Waals surface area contributed by atoms with Gasteiger partial charge in [-0.15, -0.1) is 0 Å². The number of aromatic nitrogens is 1. The Balaban J connectivity index is 1.10. The molecular formula is C25H22N4O5S. The fraction of sp³-hybridized carbons (Fsp3) is 0.280. The fourth-order valence-electron chi connectivity index (χ4n) is 4.58. The summed E-state index contributed by atoms with van der Waals surface area (Å²) in [6, 6.07) is 14.5. The van der Waals surface area contributed by atoms with Gasteiger partial charge in [0.1, 0.15) is 0 Å². The predicted octanol–water partition coefficient (Wildman–Crippen LogP) is 3.06. The van der Waals surface area contributed by atoms with Crippen molar-refractivity contribution in [1.29, 1.82) is 0 Å². The molecule has 9 nitrogen and oxygen atoms in total. The van der Waals surface area contributed by atoms with Crippen LogP contribution in [-0.4, -0.2) is 47.5 Å². The van der Waals surface area contributed by atoms with Crippen LogP contribution in [0, 0.1) is 5.92 Å². The molecule has 10 heteroatoms. The van der Waals surface area contributed by atoms with Gasteiger partial charge in [-0.2, -0.15) is 0 Å². The quantitative estimate of drug-likeness (QED) is 0.603. The summed E-state index contributed by atoms with van der Waals surface area (Å²) in [7, 11) is 0. The molecule has 1 N–H and O–H groups in total. The molecule has 178 valence electrons. The lowest BCUT2D eigenvalue weighted by Gasteiger charge is -2.26. The van der Waals surface area contributed by atoms with Gasteiger partial charge in [0.25, 0.3) is 5.91 Å². The number of anilines is 2. The van der Waals surface area contributed by atoms with Crippen molar-refractivity contribution < 1.29 is 23.9 Å². The van der Waals surface area contributed by atoms with E-state index in [1.165, 1.54) is 11.3 Å². The SMILES string of the molecule is O=C(Nc1nc2c(s1)CN(C(=O)c1ccccc1)CC2)C1CC(=O)N(c2ccc3c(c2)OCO3)C1. The van der Waals surface area contributed by atoms with Crippen LogP contribution in [0.3, 0.4) is 0 Å². The van der Waals surface area contributed by atoms with E-state index in [0.717, 1.165) is 10.6 Å². The number of carbonyl (C=O) groups is 3. The molecule has 0 radical (unpaired) electrons. The summed E-state index contributed by atoms with van der Waals surface area (Å²) in [5, 5.41) is 3.40. The van der Waals surface area contributed by atoms with E-state index in [1.807, 2.05) is 30.3 Å². The number of thiazole rings is 1. The molecule has 3 aromatic rings. The van der Waals surface area contributed by atoms with Crippen molar-refractivity contribution >= 4 is 39.9 Å². The van der Waals surface area contributed by atoms with Gasteiger partial charge in [-0.1, -0.05) is 29.5 Å². The Morgan fingerprint density at radius 1 is 1.09 bits per heavy atom. The molecule has 3 aliphatic heterocycles. The van der Waals surface area contributed by atoms with Crippen LogP contribution in [0.1, 0.15) is 27.3 Å². The lowest BCUT2D eigenvalue weighted by atomic mass is 10.1. The summed E-state index contributed by atoms with van der Waals surface area (Å²) >= 11 is 1.38. The smallest absolute Gasteiger partial charge is 0.254 e. The van der Waals surface area contributed by atoms with Crippen LogP contribution in [0.5, 0.6) is 11.5 Å². The molecule has 0 aliphatic carbocycles. The van der Waals surface area contributed by atoms with Gasteiger partial charge >= 0.3 is 0 Å². The summed E-state index contributed by atoms with van der Waals surface area (Å²) < 4.78 is 10.7. The Kier molecular flexibility index (Phi) is 5.37. The highest BCUT2D eigenvalue weighted by Gasteiger charge is 2.36. The molecule has 3 amide bonds. The molecule has 0 spiro atoms. The molecular weight excluding hydrogens is 468 g/mol. The Morgan fingerprint density at radius 2 is 1.91 bits per heavy atom. The maximum atomic E-state index is 13.0. The number of amides is 3. The van der Waals surface area contributed by atoms with Gasteiger partial charge in [0.05, 0.1) is 18.2 Å². The van der Waals surface area contributed by atoms with Crippen LogP contribution in [0.4, 0.5) is 10.8 Å². The molecule has 1 saturated heterocycles. The maximum absolute atomic E-state index is 13.0. The van der Waals surface area contributed by atoms with Crippen molar-refractivity contribution in [3.05, 3.63) is 64.7 Å². The Hall–Kier alpha value is -3.92. The Bertz CT molecular complexity index is 1320. The van der Waals surface area contributed by atoms with Crippen LogP contribution in [0.25, 0.3) is 0 Å². The zero-order valence-electron chi connectivity index (χ0n) is 18.7. The van der Waals surface area contributed by atoms with E-state index in [0.29, 0.717) is 47.4 Å². The van der Waals surface area contributed by atoms with Gasteiger partial charge in [-0.3, -0.25) is 14.4 Å². The standard InChI is InChI=1S/C25H22N4O5S/c30-22-10-16(12-29(22)17-6-7-19-20(11-17)34-14-33-19)23(31)27-25-26-18-8-9-28(13-21(18)35-25)24(32)15-4-2-1-3-5-15/h1-7,11,16H,8-10,12-14H2,(H,26,27,31). The molecule has 6 rings (SSSR count). The number of ether oxygens (including phenoxy) is 2. The van der Waals surface area contributed by atoms with E-state index in [1.54, 1.807) is 28.0 Å². The second-order valence-electron chi connectivity index (χ2n) is 8.66. The van der Waals surface area contributed by atoms with Crippen molar-refractivity contribution in [3.8, 4) is 11.5 Å². The molecule has 1 unspecified atom stereocenters. The summed E-state index contributed by atoms with van der Waals surface area (Å²) in [6.07, 6.45) is 0.769. The van der Waals surface area contributed by atoms with Crippen LogP contribution < -0.4 is 19.7 Å². The number of fused-ring (bicyclic) bond motifs is 2. The van der Waals surface area contributed by atoms with Crippen LogP contribution in [0.15, 0.2) is 48.5 Å². The van der Waals surface area contributed by atoms with Crippen LogP contribution >= 0.6 is 11.3 Å². The molecule has 4 heterocycles. The number of benzene rings is 2. The number of rotatable bonds is 4. The number of nitrogens with one attached hydrogen (secondary N) is 1. The summed E-state index contributed by atoms with van der Waals surface area (Å²) in [5.74, 6) is 0.401. The summed E-state index contributed by atoms with van der Waals surface area (Å²) in [6.45, 7) is 1.50. The molecule has 1 fully saturated rings. The highest BCUT2D eigenvalue weighted by Crippen LogP contribution is 2.37. The number of hydrogen-bond donors (Lipinski definition) is 1. The Morgan fingerprint density at radius 3 is 2.77 bits per heavy atom.